The smallest absolute Gasteiger partial charge is 0.868 e. The zero-order valence-electron chi connectivity index (χ0n) is 25.8. The summed E-state index contributed by atoms with van der Waals surface area (Å²) in [7, 11) is 0. The van der Waals surface area contributed by atoms with Crippen molar-refractivity contribution in [2.75, 3.05) is 0 Å². The fourth-order valence-corrected chi connectivity index (χ4v) is 6.77. The minimum Gasteiger partial charge on any atom is -0.868 e. The Kier molecular flexibility index (Phi) is 7.11. The number of pyridine rings is 1. The number of nitrogens with zero attached hydrogens (tertiary/aromatic N) is 2. The van der Waals surface area contributed by atoms with Gasteiger partial charge in [0.1, 0.15) is 5.82 Å². The number of hydrogen-bond donors (Lipinski definition) is 0. The van der Waals surface area contributed by atoms with Crippen molar-refractivity contribution in [1.29, 1.82) is 0 Å². The molecule has 0 aliphatic heterocycles. The summed E-state index contributed by atoms with van der Waals surface area (Å²) in [6.45, 7) is 0. The van der Waals surface area contributed by atoms with Crippen LogP contribution in [0.4, 0.5) is 0 Å². The summed E-state index contributed by atoms with van der Waals surface area (Å²) < 4.78 is 2.22. The molecule has 0 saturated heterocycles. The molecule has 0 saturated carbocycles. The van der Waals surface area contributed by atoms with Crippen LogP contribution in [0.3, 0.4) is 0 Å². The number of rotatable bonds is 4. The van der Waals surface area contributed by atoms with E-state index in [1.807, 2.05) is 54.7 Å². The molecular weight excluding hydrogens is 569 g/mol. The van der Waals surface area contributed by atoms with Gasteiger partial charge in [-0.25, -0.2) is 9.97 Å². The van der Waals surface area contributed by atoms with Crippen molar-refractivity contribution in [3.8, 4) is 45.1 Å². The fraction of sp³-hybridized carbons (Fsp3) is 0. The summed E-state index contributed by atoms with van der Waals surface area (Å²) >= 11 is 0. The van der Waals surface area contributed by atoms with Gasteiger partial charge in [0.25, 0.3) is 0 Å². The molecular formula is C42H27LiN3O+. The van der Waals surface area contributed by atoms with Gasteiger partial charge in [-0.2, -0.15) is 0 Å². The Balaban J connectivity index is 0.00000324. The zero-order valence-corrected chi connectivity index (χ0v) is 25.8. The molecule has 0 bridgehead atoms. The van der Waals surface area contributed by atoms with Crippen LogP contribution >= 0.6 is 0 Å². The SMILES string of the molecule is [Li+].[O-]c1c(-c2c3ccccc3cc3ccc(-c4ccc(-c5nc6ccccc6n5-c5ccccc5)cc4)cc23)ccc2ccc[nH+]c12. The summed E-state index contributed by atoms with van der Waals surface area (Å²) in [4.78, 5) is 8.22. The van der Waals surface area contributed by atoms with E-state index in [4.69, 9.17) is 4.98 Å². The van der Waals surface area contributed by atoms with Crippen LogP contribution in [0.1, 0.15) is 0 Å². The van der Waals surface area contributed by atoms with Gasteiger partial charge < -0.3 is 5.11 Å². The average molecular weight is 597 g/mol. The van der Waals surface area contributed by atoms with E-state index in [0.29, 0.717) is 11.1 Å². The van der Waals surface area contributed by atoms with Crippen LogP contribution in [-0.2, 0) is 0 Å². The number of fused-ring (bicyclic) bond motifs is 4. The molecule has 9 aromatic rings. The van der Waals surface area contributed by atoms with Crippen molar-refractivity contribution in [3.63, 3.8) is 0 Å². The van der Waals surface area contributed by atoms with Crippen LogP contribution in [0.25, 0.3) is 82.8 Å². The molecule has 0 fully saturated rings. The second kappa shape index (κ2) is 11.6. The van der Waals surface area contributed by atoms with Crippen LogP contribution < -0.4 is 29.0 Å². The molecule has 9 rings (SSSR count). The molecule has 0 aliphatic carbocycles. The maximum Gasteiger partial charge on any atom is 1.00 e. The molecule has 0 aliphatic rings. The minimum atomic E-state index is 0. The average Bonchev–Trinajstić information content (AvgIpc) is 3.51. The van der Waals surface area contributed by atoms with Gasteiger partial charge in [-0.3, -0.25) is 4.57 Å². The fourth-order valence-electron chi connectivity index (χ4n) is 6.77. The summed E-state index contributed by atoms with van der Waals surface area (Å²) in [5, 5.41) is 19.1. The molecule has 0 unspecified atom stereocenters. The molecule has 0 atom stereocenters. The molecule has 2 heterocycles. The van der Waals surface area contributed by atoms with Gasteiger partial charge in [-0.05, 0) is 98.1 Å². The predicted molar refractivity (Wildman–Crippen MR) is 186 cm³/mol. The van der Waals surface area contributed by atoms with Crippen LogP contribution in [0.2, 0.25) is 0 Å². The van der Waals surface area contributed by atoms with Crippen LogP contribution in [0.15, 0.2) is 158 Å². The third-order valence-electron chi connectivity index (χ3n) is 8.97. The number of hydrogen-bond acceptors (Lipinski definition) is 2. The van der Waals surface area contributed by atoms with Crippen molar-refractivity contribution >= 4 is 43.5 Å². The molecule has 1 N–H and O–H groups in total. The van der Waals surface area contributed by atoms with E-state index in [9.17, 15) is 5.11 Å². The first-order chi connectivity index (χ1) is 22.7. The number of aromatic amines is 1. The Morgan fingerprint density at radius 1 is 0.553 bits per heavy atom. The van der Waals surface area contributed by atoms with Gasteiger partial charge in [-0.15, -0.1) is 0 Å². The van der Waals surface area contributed by atoms with E-state index < -0.39 is 0 Å². The van der Waals surface area contributed by atoms with E-state index in [-0.39, 0.29) is 24.6 Å². The topological polar surface area (TPSA) is 55.0 Å². The molecule has 7 aromatic carbocycles. The molecule has 0 radical (unpaired) electrons. The van der Waals surface area contributed by atoms with E-state index in [1.54, 1.807) is 0 Å². The van der Waals surface area contributed by atoms with Crippen molar-refractivity contribution in [2.24, 2.45) is 0 Å². The Bertz CT molecular complexity index is 2590. The predicted octanol–water partition coefficient (Wildman–Crippen LogP) is 6.38. The monoisotopic (exact) mass is 596 g/mol. The standard InChI is InChI=1S/C42H27N3O.Li/c46-41-35(23-22-28-10-8-24-43-40(28)41)39-34-13-5-4-9-31(34)25-32-21-20-30(26-36(32)39)27-16-18-29(19-17-27)42-44-37-14-6-7-15-38(37)45(42)33-11-2-1-3-12-33;/h1-26,46H;/q;+1. The van der Waals surface area contributed by atoms with Gasteiger partial charge in [0.15, 0.2) is 6.20 Å². The second-order valence-electron chi connectivity index (χ2n) is 11.7. The number of aromatic nitrogens is 3. The number of H-pyrrole nitrogens is 1. The van der Waals surface area contributed by atoms with Crippen molar-refractivity contribution in [1.82, 2.24) is 9.55 Å². The zero-order chi connectivity index (χ0) is 30.6. The summed E-state index contributed by atoms with van der Waals surface area (Å²) in [6, 6.07) is 52.2. The normalized spacial score (nSPS) is 11.3. The van der Waals surface area contributed by atoms with Gasteiger partial charge >= 0.3 is 18.9 Å². The molecule has 216 valence electrons. The maximum atomic E-state index is 13.9. The quantitative estimate of drug-likeness (QED) is 0.175. The molecule has 0 spiro atoms. The third kappa shape index (κ3) is 4.78. The largest absolute Gasteiger partial charge is 1.00 e. The molecule has 47 heavy (non-hydrogen) atoms. The Morgan fingerprint density at radius 3 is 2.11 bits per heavy atom. The summed E-state index contributed by atoms with van der Waals surface area (Å²) in [5.41, 5.74) is 8.63. The summed E-state index contributed by atoms with van der Waals surface area (Å²) in [6.07, 6.45) is 1.81. The first kappa shape index (κ1) is 28.8. The number of para-hydroxylation sites is 3. The van der Waals surface area contributed by atoms with Gasteiger partial charge in [0.2, 0.25) is 5.52 Å². The first-order valence-corrected chi connectivity index (χ1v) is 15.4. The number of imidazole rings is 1. The first-order valence-electron chi connectivity index (χ1n) is 15.4. The van der Waals surface area contributed by atoms with Gasteiger partial charge in [-0.1, -0.05) is 97.1 Å². The van der Waals surface area contributed by atoms with Crippen LogP contribution in [-0.4, -0.2) is 9.55 Å². The van der Waals surface area contributed by atoms with E-state index in [1.165, 1.54) is 0 Å². The van der Waals surface area contributed by atoms with Crippen molar-refractivity contribution in [3.05, 3.63) is 158 Å². The molecule has 4 nitrogen and oxygen atoms in total. The number of nitrogens with one attached hydrogen (secondary N) is 1. The van der Waals surface area contributed by atoms with E-state index in [0.717, 1.165) is 71.7 Å². The Hall–Kier alpha value is -5.66. The molecule has 0 amide bonds. The van der Waals surface area contributed by atoms with Crippen LogP contribution in [0, 0.1) is 0 Å². The number of benzene rings is 7. The third-order valence-corrected chi connectivity index (χ3v) is 8.97. The van der Waals surface area contributed by atoms with Crippen LogP contribution in [0.5, 0.6) is 5.75 Å². The van der Waals surface area contributed by atoms with E-state index >= 15 is 0 Å². The van der Waals surface area contributed by atoms with Gasteiger partial charge in [0, 0.05) is 22.7 Å². The van der Waals surface area contributed by atoms with Gasteiger partial charge in [0.05, 0.1) is 11.0 Å². The molecule has 2 aromatic heterocycles. The molecule has 5 heteroatoms. The summed E-state index contributed by atoms with van der Waals surface area (Å²) in [5.74, 6) is 0.911. The van der Waals surface area contributed by atoms with Crippen molar-refractivity contribution in [2.45, 2.75) is 0 Å². The minimum absolute atomic E-state index is 0. The Morgan fingerprint density at radius 2 is 1.23 bits per heavy atom. The maximum absolute atomic E-state index is 13.9. The second-order valence-corrected chi connectivity index (χ2v) is 11.7. The van der Waals surface area contributed by atoms with Crippen molar-refractivity contribution < 1.29 is 29.0 Å². The van der Waals surface area contributed by atoms with E-state index in [2.05, 4.69) is 113 Å². The Labute approximate surface area is 283 Å².